The molecule has 0 radical (unpaired) electrons. The molecule has 0 amide bonds. The molecule has 0 fully saturated rings. The number of rotatable bonds is 11. The highest BCUT2D eigenvalue weighted by Crippen LogP contribution is 2.26. The van der Waals surface area contributed by atoms with Gasteiger partial charge in [-0.05, 0) is 48.2 Å². The minimum Gasteiger partial charge on any atom is -0.493 e. The molecule has 3 aromatic rings. The molecule has 0 bridgehead atoms. The van der Waals surface area contributed by atoms with Crippen molar-refractivity contribution < 1.29 is 9.47 Å². The number of unbranched alkanes of at least 4 members (excludes halogenated alkanes) is 2. The van der Waals surface area contributed by atoms with E-state index in [0.29, 0.717) is 6.61 Å². The van der Waals surface area contributed by atoms with Crippen LogP contribution in [-0.2, 0) is 0 Å². The van der Waals surface area contributed by atoms with E-state index in [1.54, 1.807) is 0 Å². The van der Waals surface area contributed by atoms with Crippen LogP contribution in [0.5, 0.6) is 11.5 Å². The fraction of sp³-hybridized carbons (Fsp3) is 0.296. The molecule has 3 heteroatoms. The summed E-state index contributed by atoms with van der Waals surface area (Å²) in [5, 5.41) is 0. The summed E-state index contributed by atoms with van der Waals surface area (Å²) < 4.78 is 11.9. The predicted molar refractivity (Wildman–Crippen MR) is 126 cm³/mol. The first kappa shape index (κ1) is 21.6. The van der Waals surface area contributed by atoms with Gasteiger partial charge in [0.25, 0.3) is 0 Å². The Bertz CT molecular complexity index is 917. The van der Waals surface area contributed by atoms with Gasteiger partial charge in [-0.1, -0.05) is 69.2 Å². The Morgan fingerprint density at radius 3 is 2.10 bits per heavy atom. The Labute approximate surface area is 180 Å². The third kappa shape index (κ3) is 6.48. The lowest BCUT2D eigenvalue weighted by atomic mass is 10.1. The Morgan fingerprint density at radius 1 is 0.733 bits per heavy atom. The van der Waals surface area contributed by atoms with E-state index >= 15 is 0 Å². The van der Waals surface area contributed by atoms with E-state index in [-0.39, 0.29) is 0 Å². The van der Waals surface area contributed by atoms with Gasteiger partial charge in [-0.3, -0.25) is 4.99 Å². The minimum absolute atomic E-state index is 0.696. The molecular weight excluding hydrogens is 370 g/mol. The number of hydrogen-bond donors (Lipinski definition) is 0. The Kier molecular flexibility index (Phi) is 8.52. The van der Waals surface area contributed by atoms with Crippen molar-refractivity contribution in [1.82, 2.24) is 0 Å². The molecule has 3 nitrogen and oxygen atoms in total. The molecule has 0 N–H and O–H groups in total. The number of hydrogen-bond acceptors (Lipinski definition) is 3. The lowest BCUT2D eigenvalue weighted by Gasteiger charge is -2.12. The van der Waals surface area contributed by atoms with Crippen LogP contribution in [0.2, 0.25) is 0 Å². The highest BCUT2D eigenvalue weighted by molar-refractivity contribution is 5.86. The third-order valence-corrected chi connectivity index (χ3v) is 4.83. The van der Waals surface area contributed by atoms with Gasteiger partial charge in [-0.2, -0.15) is 0 Å². The number of benzene rings is 3. The SMILES string of the molecule is CCCCOc1ccc(C=Nc2ccc(-c3ccccc3)cc2)c(OCCCC)c1. The van der Waals surface area contributed by atoms with Crippen LogP contribution in [0.25, 0.3) is 11.1 Å². The van der Waals surface area contributed by atoms with E-state index in [0.717, 1.165) is 55.0 Å². The standard InChI is InChI=1S/C27H31NO2/c1-3-5-18-29-26-17-14-24(27(20-26)30-19-6-4-2)21-28-25-15-12-23(13-16-25)22-10-8-7-9-11-22/h7-17,20-21H,3-6,18-19H2,1-2H3. The van der Waals surface area contributed by atoms with E-state index < -0.39 is 0 Å². The zero-order chi connectivity index (χ0) is 21.0. The number of nitrogens with zero attached hydrogens (tertiary/aromatic N) is 1. The van der Waals surface area contributed by atoms with Crippen molar-refractivity contribution in [2.75, 3.05) is 13.2 Å². The highest BCUT2D eigenvalue weighted by atomic mass is 16.5. The first-order chi connectivity index (χ1) is 14.8. The molecule has 3 aromatic carbocycles. The second-order valence-corrected chi connectivity index (χ2v) is 7.27. The fourth-order valence-electron chi connectivity index (χ4n) is 3.01. The summed E-state index contributed by atoms with van der Waals surface area (Å²) in [6.45, 7) is 5.75. The maximum Gasteiger partial charge on any atom is 0.131 e. The van der Waals surface area contributed by atoms with Crippen LogP contribution >= 0.6 is 0 Å². The summed E-state index contributed by atoms with van der Waals surface area (Å²) in [4.78, 5) is 4.66. The molecule has 0 unspecified atom stereocenters. The first-order valence-electron chi connectivity index (χ1n) is 10.9. The topological polar surface area (TPSA) is 30.8 Å². The first-order valence-corrected chi connectivity index (χ1v) is 10.9. The highest BCUT2D eigenvalue weighted by Gasteiger charge is 2.05. The van der Waals surface area contributed by atoms with Crippen molar-refractivity contribution in [3.63, 3.8) is 0 Å². The summed E-state index contributed by atoms with van der Waals surface area (Å²) in [7, 11) is 0. The fourth-order valence-corrected chi connectivity index (χ4v) is 3.01. The van der Waals surface area contributed by atoms with E-state index in [2.05, 4.69) is 55.2 Å². The molecule has 0 heterocycles. The Balaban J connectivity index is 1.73. The van der Waals surface area contributed by atoms with Gasteiger partial charge in [-0.15, -0.1) is 0 Å². The van der Waals surface area contributed by atoms with Crippen LogP contribution in [0.15, 0.2) is 77.8 Å². The number of aliphatic imine (C=N–C) groups is 1. The number of ether oxygens (including phenoxy) is 2. The van der Waals surface area contributed by atoms with E-state index in [4.69, 9.17) is 9.47 Å². The van der Waals surface area contributed by atoms with Crippen molar-refractivity contribution in [3.05, 3.63) is 78.4 Å². The second kappa shape index (κ2) is 11.8. The molecule has 0 aliphatic carbocycles. The summed E-state index contributed by atoms with van der Waals surface area (Å²) in [5.41, 5.74) is 4.27. The third-order valence-electron chi connectivity index (χ3n) is 4.83. The van der Waals surface area contributed by atoms with E-state index in [1.165, 1.54) is 11.1 Å². The molecule has 0 aliphatic rings. The smallest absolute Gasteiger partial charge is 0.131 e. The summed E-state index contributed by atoms with van der Waals surface area (Å²) in [6.07, 6.45) is 6.17. The summed E-state index contributed by atoms with van der Waals surface area (Å²) in [5.74, 6) is 1.67. The quantitative estimate of drug-likeness (QED) is 0.246. The molecule has 0 atom stereocenters. The van der Waals surface area contributed by atoms with Gasteiger partial charge < -0.3 is 9.47 Å². The van der Waals surface area contributed by atoms with Crippen LogP contribution in [0, 0.1) is 0 Å². The summed E-state index contributed by atoms with van der Waals surface area (Å²) in [6, 6.07) is 24.6. The average molecular weight is 402 g/mol. The molecule has 3 rings (SSSR count). The lowest BCUT2D eigenvalue weighted by Crippen LogP contribution is -2.02. The normalized spacial score (nSPS) is 11.0. The van der Waals surface area contributed by atoms with Gasteiger partial charge in [0.05, 0.1) is 18.9 Å². The van der Waals surface area contributed by atoms with Crippen molar-refractivity contribution in [3.8, 4) is 22.6 Å². The average Bonchev–Trinajstić information content (AvgIpc) is 2.80. The van der Waals surface area contributed by atoms with Crippen molar-refractivity contribution in [1.29, 1.82) is 0 Å². The predicted octanol–water partition coefficient (Wildman–Crippen LogP) is 7.46. The van der Waals surface area contributed by atoms with Gasteiger partial charge in [0.15, 0.2) is 0 Å². The van der Waals surface area contributed by atoms with Crippen molar-refractivity contribution in [2.24, 2.45) is 4.99 Å². The van der Waals surface area contributed by atoms with Crippen LogP contribution in [-0.4, -0.2) is 19.4 Å². The monoisotopic (exact) mass is 401 g/mol. The second-order valence-electron chi connectivity index (χ2n) is 7.27. The zero-order valence-electron chi connectivity index (χ0n) is 18.0. The minimum atomic E-state index is 0.696. The van der Waals surface area contributed by atoms with Crippen molar-refractivity contribution in [2.45, 2.75) is 39.5 Å². The molecule has 0 saturated carbocycles. The Morgan fingerprint density at radius 2 is 1.40 bits per heavy atom. The van der Waals surface area contributed by atoms with Crippen molar-refractivity contribution >= 4 is 11.9 Å². The van der Waals surface area contributed by atoms with Crippen LogP contribution in [0.4, 0.5) is 5.69 Å². The van der Waals surface area contributed by atoms with Gasteiger partial charge in [0.2, 0.25) is 0 Å². The largest absolute Gasteiger partial charge is 0.493 e. The molecule has 30 heavy (non-hydrogen) atoms. The maximum absolute atomic E-state index is 6.02. The molecular formula is C27H31NO2. The van der Waals surface area contributed by atoms with Crippen LogP contribution in [0.1, 0.15) is 45.1 Å². The molecule has 0 saturated heterocycles. The summed E-state index contributed by atoms with van der Waals surface area (Å²) >= 11 is 0. The van der Waals surface area contributed by atoms with Gasteiger partial charge >= 0.3 is 0 Å². The zero-order valence-corrected chi connectivity index (χ0v) is 18.0. The lowest BCUT2D eigenvalue weighted by molar-refractivity contribution is 0.294. The van der Waals surface area contributed by atoms with Gasteiger partial charge in [-0.25, -0.2) is 0 Å². The van der Waals surface area contributed by atoms with Gasteiger partial charge in [0.1, 0.15) is 11.5 Å². The molecule has 156 valence electrons. The molecule has 0 aliphatic heterocycles. The maximum atomic E-state index is 6.02. The van der Waals surface area contributed by atoms with Gasteiger partial charge in [0, 0.05) is 17.8 Å². The molecule has 0 aromatic heterocycles. The molecule has 0 spiro atoms. The van der Waals surface area contributed by atoms with E-state index in [1.807, 2.05) is 42.6 Å². The van der Waals surface area contributed by atoms with E-state index in [9.17, 15) is 0 Å². The Hall–Kier alpha value is -3.07. The van der Waals surface area contributed by atoms with Crippen LogP contribution < -0.4 is 9.47 Å². The van der Waals surface area contributed by atoms with Crippen LogP contribution in [0.3, 0.4) is 0 Å².